The van der Waals surface area contributed by atoms with Crippen molar-refractivity contribution in [3.8, 4) is 6.07 Å². The zero-order valence-electron chi connectivity index (χ0n) is 22.1. The monoisotopic (exact) mass is 527 g/mol. The number of nitrogens with one attached hydrogen (secondary N) is 2. The Morgan fingerprint density at radius 1 is 1.10 bits per heavy atom. The summed E-state index contributed by atoms with van der Waals surface area (Å²) in [6.45, 7) is 9.56. The van der Waals surface area contributed by atoms with Crippen LogP contribution in [0.15, 0.2) is 60.8 Å². The highest BCUT2D eigenvalue weighted by Gasteiger charge is 2.41. The molecule has 39 heavy (non-hydrogen) atoms. The lowest BCUT2D eigenvalue weighted by molar-refractivity contribution is 0.0992. The molecule has 202 valence electrons. The number of amides is 2. The van der Waals surface area contributed by atoms with E-state index in [1.807, 2.05) is 24.3 Å². The fourth-order valence-corrected chi connectivity index (χ4v) is 5.45. The van der Waals surface area contributed by atoms with E-state index in [0.29, 0.717) is 42.4 Å². The summed E-state index contributed by atoms with van der Waals surface area (Å²) in [6, 6.07) is 16.4. The number of hydrogen-bond acceptors (Lipinski definition) is 8. The van der Waals surface area contributed by atoms with Gasteiger partial charge in [0.1, 0.15) is 6.04 Å². The number of primary amides is 2. The SMILES string of the molecule is C=C(CNCCC(c1ccc(C(N)=O)cc1)(c1ccc(C(N)=O)cc1)c1nn[nH]n1)N1C(C#N)C[C@H](C)C1C. The van der Waals surface area contributed by atoms with Gasteiger partial charge in [0.2, 0.25) is 11.8 Å². The second-order valence-electron chi connectivity index (χ2n) is 10.0. The maximum absolute atomic E-state index is 11.7. The summed E-state index contributed by atoms with van der Waals surface area (Å²) in [6.07, 6.45) is 1.32. The first kappa shape index (κ1) is 27.5. The summed E-state index contributed by atoms with van der Waals surface area (Å²) in [7, 11) is 0. The van der Waals surface area contributed by atoms with E-state index >= 15 is 0 Å². The van der Waals surface area contributed by atoms with Crippen molar-refractivity contribution in [2.75, 3.05) is 13.1 Å². The number of H-pyrrole nitrogens is 1. The van der Waals surface area contributed by atoms with Crippen LogP contribution in [0.2, 0.25) is 0 Å². The summed E-state index contributed by atoms with van der Waals surface area (Å²) >= 11 is 0. The molecule has 2 aromatic carbocycles. The summed E-state index contributed by atoms with van der Waals surface area (Å²) < 4.78 is 0. The molecule has 11 nitrogen and oxygen atoms in total. The van der Waals surface area contributed by atoms with Crippen LogP contribution in [0.5, 0.6) is 0 Å². The van der Waals surface area contributed by atoms with Crippen molar-refractivity contribution in [3.63, 3.8) is 0 Å². The lowest BCUT2D eigenvalue weighted by Gasteiger charge is -2.33. The normalized spacial score (nSPS) is 19.0. The minimum absolute atomic E-state index is 0.185. The van der Waals surface area contributed by atoms with Crippen LogP contribution in [0.4, 0.5) is 0 Å². The number of carbonyl (C=O) groups excluding carboxylic acids is 2. The molecule has 0 bridgehead atoms. The van der Waals surface area contributed by atoms with E-state index in [1.165, 1.54) is 0 Å². The predicted octanol–water partition coefficient (Wildman–Crippen LogP) is 1.85. The fourth-order valence-electron chi connectivity index (χ4n) is 5.45. The van der Waals surface area contributed by atoms with Crippen LogP contribution in [0.25, 0.3) is 0 Å². The number of aromatic nitrogens is 4. The number of tetrazole rings is 1. The van der Waals surface area contributed by atoms with Gasteiger partial charge in [-0.2, -0.15) is 10.5 Å². The van der Waals surface area contributed by atoms with Crippen LogP contribution in [0, 0.1) is 17.2 Å². The molecule has 0 spiro atoms. The van der Waals surface area contributed by atoms with Crippen molar-refractivity contribution in [2.24, 2.45) is 17.4 Å². The van der Waals surface area contributed by atoms with Gasteiger partial charge in [0.05, 0.1) is 11.5 Å². The van der Waals surface area contributed by atoms with Gasteiger partial charge in [-0.15, -0.1) is 10.2 Å². The molecule has 1 aliphatic rings. The standard InChI is InChI=1S/C28H33N9O2/c1-17-14-24(15-29)37(19(17)3)18(2)16-32-13-12-28(27-33-35-36-34-27,22-8-4-20(5-9-22)25(30)38)23-10-6-21(7-11-23)26(31)39/h4-11,17,19,24,32H,2,12-14,16H2,1,3H3,(H2,30,38)(H2,31,39)(H,33,34,35,36)/t17-,19?,24?/m0/s1. The van der Waals surface area contributed by atoms with Gasteiger partial charge in [-0.25, -0.2) is 0 Å². The van der Waals surface area contributed by atoms with Crippen LogP contribution in [-0.4, -0.2) is 62.5 Å². The van der Waals surface area contributed by atoms with Crippen molar-refractivity contribution >= 4 is 11.8 Å². The number of nitrogens with zero attached hydrogens (tertiary/aromatic N) is 5. The van der Waals surface area contributed by atoms with E-state index in [4.69, 9.17) is 11.5 Å². The Morgan fingerprint density at radius 3 is 2.13 bits per heavy atom. The molecule has 2 heterocycles. The van der Waals surface area contributed by atoms with Crippen LogP contribution in [-0.2, 0) is 5.41 Å². The number of likely N-dealkylation sites (tertiary alicyclic amines) is 1. The van der Waals surface area contributed by atoms with E-state index in [0.717, 1.165) is 23.2 Å². The quantitative estimate of drug-likeness (QED) is 0.273. The second-order valence-corrected chi connectivity index (χ2v) is 10.0. The van der Waals surface area contributed by atoms with Gasteiger partial charge in [0.15, 0.2) is 5.82 Å². The van der Waals surface area contributed by atoms with Gasteiger partial charge in [-0.1, -0.05) is 43.0 Å². The Hall–Kier alpha value is -4.56. The first-order valence-corrected chi connectivity index (χ1v) is 12.8. The lowest BCUT2D eigenvalue weighted by Crippen LogP contribution is -2.39. The number of nitriles is 1. The third kappa shape index (κ3) is 5.37. The average Bonchev–Trinajstić information content (AvgIpc) is 3.57. The Bertz CT molecular complexity index is 1300. The maximum Gasteiger partial charge on any atom is 0.248 e. The van der Waals surface area contributed by atoms with Gasteiger partial charge in [0, 0.05) is 29.4 Å². The molecule has 0 aliphatic carbocycles. The molecule has 1 saturated heterocycles. The Labute approximate surface area is 227 Å². The molecular formula is C28H33N9O2. The maximum atomic E-state index is 11.7. The minimum atomic E-state index is -0.891. The molecule has 2 unspecified atom stereocenters. The molecule has 3 atom stereocenters. The Kier molecular flexibility index (Phi) is 8.07. The van der Waals surface area contributed by atoms with E-state index in [1.54, 1.807) is 24.3 Å². The number of carbonyl (C=O) groups is 2. The molecule has 0 radical (unpaired) electrons. The number of hydrogen-bond donors (Lipinski definition) is 4. The number of benzene rings is 2. The Morgan fingerprint density at radius 2 is 1.67 bits per heavy atom. The molecular weight excluding hydrogens is 494 g/mol. The number of aromatic amines is 1. The van der Waals surface area contributed by atoms with Gasteiger partial charge >= 0.3 is 0 Å². The average molecular weight is 528 g/mol. The van der Waals surface area contributed by atoms with Crippen molar-refractivity contribution in [2.45, 2.75) is 44.2 Å². The van der Waals surface area contributed by atoms with Gasteiger partial charge in [-0.3, -0.25) is 9.59 Å². The molecule has 1 aliphatic heterocycles. The molecule has 0 saturated carbocycles. The largest absolute Gasteiger partial charge is 0.366 e. The third-order valence-electron chi connectivity index (χ3n) is 7.76. The topological polar surface area (TPSA) is 180 Å². The zero-order chi connectivity index (χ0) is 28.2. The number of rotatable bonds is 11. The smallest absolute Gasteiger partial charge is 0.248 e. The van der Waals surface area contributed by atoms with Gasteiger partial charge < -0.3 is 21.7 Å². The summed E-state index contributed by atoms with van der Waals surface area (Å²) in [5, 5.41) is 28.2. The van der Waals surface area contributed by atoms with E-state index in [2.05, 4.69) is 57.3 Å². The molecule has 1 aromatic heterocycles. The highest BCUT2D eigenvalue weighted by atomic mass is 16.1. The highest BCUT2D eigenvalue weighted by molar-refractivity contribution is 5.93. The molecule has 3 aromatic rings. The minimum Gasteiger partial charge on any atom is -0.366 e. The first-order chi connectivity index (χ1) is 18.7. The van der Waals surface area contributed by atoms with Crippen LogP contribution in [0.1, 0.15) is 64.4 Å². The van der Waals surface area contributed by atoms with Crippen molar-refractivity contribution in [3.05, 3.63) is 88.9 Å². The molecule has 6 N–H and O–H groups in total. The second kappa shape index (κ2) is 11.4. The van der Waals surface area contributed by atoms with Crippen molar-refractivity contribution < 1.29 is 9.59 Å². The van der Waals surface area contributed by atoms with E-state index in [-0.39, 0.29) is 12.1 Å². The van der Waals surface area contributed by atoms with Crippen LogP contribution < -0.4 is 16.8 Å². The van der Waals surface area contributed by atoms with E-state index < -0.39 is 17.2 Å². The van der Waals surface area contributed by atoms with E-state index in [9.17, 15) is 14.9 Å². The summed E-state index contributed by atoms with van der Waals surface area (Å²) in [4.78, 5) is 25.6. The third-order valence-corrected chi connectivity index (χ3v) is 7.76. The first-order valence-electron chi connectivity index (χ1n) is 12.8. The van der Waals surface area contributed by atoms with Crippen LogP contribution in [0.3, 0.4) is 0 Å². The summed E-state index contributed by atoms with van der Waals surface area (Å²) in [5.74, 6) is -0.227. The van der Waals surface area contributed by atoms with Gasteiger partial charge in [0.25, 0.3) is 0 Å². The fraction of sp³-hybridized carbons (Fsp3) is 0.357. The lowest BCUT2D eigenvalue weighted by atomic mass is 9.71. The molecule has 1 fully saturated rings. The van der Waals surface area contributed by atoms with Gasteiger partial charge in [-0.05, 0) is 67.6 Å². The summed E-state index contributed by atoms with van der Waals surface area (Å²) in [5.41, 5.74) is 13.3. The molecule has 4 rings (SSSR count). The highest BCUT2D eigenvalue weighted by Crippen LogP contribution is 2.40. The van der Waals surface area contributed by atoms with Crippen molar-refractivity contribution in [1.82, 2.24) is 30.8 Å². The Balaban J connectivity index is 1.65. The number of nitrogens with two attached hydrogens (primary N) is 2. The zero-order valence-corrected chi connectivity index (χ0v) is 22.1. The molecule has 11 heteroatoms. The van der Waals surface area contributed by atoms with Crippen LogP contribution >= 0.6 is 0 Å². The molecule has 2 amide bonds. The van der Waals surface area contributed by atoms with Crippen molar-refractivity contribution in [1.29, 1.82) is 5.26 Å². The predicted molar refractivity (Wildman–Crippen MR) is 145 cm³/mol.